The number of nitrogens with zero attached hydrogens (tertiary/aromatic N) is 2. The first-order chi connectivity index (χ1) is 17.4. The number of amides is 2. The summed E-state index contributed by atoms with van der Waals surface area (Å²) in [5.41, 5.74) is 2.33. The standard InChI is InChI=1S/C28H21F2N3O2S/c1-33(17-31)28(35)24(15-21-22(29)13-8-14-23(21)30)32-27(34)25-16-20(18-9-4-2-5-10-18)26(36-25)19-11-6-3-7-12-19/h2-14,16,24H,15H2,1H3,(H,32,34). The van der Waals surface area contributed by atoms with Crippen LogP contribution < -0.4 is 5.32 Å². The van der Waals surface area contributed by atoms with Crippen molar-refractivity contribution in [2.24, 2.45) is 0 Å². The molecule has 0 saturated carbocycles. The van der Waals surface area contributed by atoms with Gasteiger partial charge in [0.15, 0.2) is 6.19 Å². The summed E-state index contributed by atoms with van der Waals surface area (Å²) in [6.45, 7) is 0. The Morgan fingerprint density at radius 2 is 1.53 bits per heavy atom. The van der Waals surface area contributed by atoms with Gasteiger partial charge < -0.3 is 5.32 Å². The number of carbonyl (C=O) groups excluding carboxylic acids is 2. The average molecular weight is 502 g/mol. The highest BCUT2D eigenvalue weighted by Crippen LogP contribution is 2.39. The van der Waals surface area contributed by atoms with Crippen molar-refractivity contribution < 1.29 is 18.4 Å². The van der Waals surface area contributed by atoms with Crippen LogP contribution in [0.15, 0.2) is 84.9 Å². The summed E-state index contributed by atoms with van der Waals surface area (Å²) in [5.74, 6) is -3.04. The van der Waals surface area contributed by atoms with Gasteiger partial charge >= 0.3 is 0 Å². The molecule has 2 amide bonds. The molecule has 1 N–H and O–H groups in total. The number of thiophene rings is 1. The molecule has 0 bridgehead atoms. The molecule has 36 heavy (non-hydrogen) atoms. The smallest absolute Gasteiger partial charge is 0.262 e. The molecule has 3 aromatic carbocycles. The topological polar surface area (TPSA) is 73.2 Å². The number of nitriles is 1. The lowest BCUT2D eigenvalue weighted by Crippen LogP contribution is -2.47. The van der Waals surface area contributed by atoms with E-state index in [1.54, 1.807) is 12.3 Å². The minimum Gasteiger partial charge on any atom is -0.339 e. The summed E-state index contributed by atoms with van der Waals surface area (Å²) >= 11 is 1.25. The van der Waals surface area contributed by atoms with Crippen LogP contribution in [0.2, 0.25) is 0 Å². The molecule has 0 aliphatic rings. The van der Waals surface area contributed by atoms with Gasteiger partial charge in [-0.3, -0.25) is 14.5 Å². The molecular weight excluding hydrogens is 480 g/mol. The quantitative estimate of drug-likeness (QED) is 0.263. The van der Waals surface area contributed by atoms with Crippen molar-refractivity contribution in [3.8, 4) is 27.8 Å². The largest absolute Gasteiger partial charge is 0.339 e. The molecule has 0 aliphatic heterocycles. The number of carbonyl (C=O) groups is 2. The molecular formula is C28H21F2N3O2S. The molecule has 1 unspecified atom stereocenters. The molecule has 1 heterocycles. The maximum atomic E-state index is 14.3. The highest BCUT2D eigenvalue weighted by atomic mass is 32.1. The van der Waals surface area contributed by atoms with Gasteiger partial charge in [-0.1, -0.05) is 66.7 Å². The average Bonchev–Trinajstić information content (AvgIpc) is 3.36. The number of likely N-dealkylation sites (N-methyl/N-ethyl adjacent to an activating group) is 1. The molecule has 0 fully saturated rings. The second-order valence-corrected chi connectivity index (χ2v) is 9.07. The zero-order chi connectivity index (χ0) is 25.7. The fourth-order valence-electron chi connectivity index (χ4n) is 3.78. The van der Waals surface area contributed by atoms with Gasteiger partial charge in [-0.25, -0.2) is 8.78 Å². The van der Waals surface area contributed by atoms with Gasteiger partial charge in [-0.2, -0.15) is 5.26 Å². The molecule has 4 aromatic rings. The maximum absolute atomic E-state index is 14.3. The number of hydrogen-bond acceptors (Lipinski definition) is 4. The number of hydrogen-bond donors (Lipinski definition) is 1. The minimum atomic E-state index is -1.35. The van der Waals surface area contributed by atoms with Crippen molar-refractivity contribution in [3.05, 3.63) is 107 Å². The summed E-state index contributed by atoms with van der Waals surface area (Å²) in [5, 5.41) is 11.8. The molecule has 0 radical (unpaired) electrons. The van der Waals surface area contributed by atoms with Gasteiger partial charge in [-0.15, -0.1) is 11.3 Å². The van der Waals surface area contributed by atoms with Gasteiger partial charge in [0.25, 0.3) is 11.8 Å². The van der Waals surface area contributed by atoms with Crippen LogP contribution in [0.25, 0.3) is 21.6 Å². The zero-order valence-electron chi connectivity index (χ0n) is 19.2. The Morgan fingerprint density at radius 3 is 2.11 bits per heavy atom. The Labute approximate surface area is 211 Å². The number of nitrogens with one attached hydrogen (secondary N) is 1. The first-order valence-corrected chi connectivity index (χ1v) is 11.9. The maximum Gasteiger partial charge on any atom is 0.262 e. The van der Waals surface area contributed by atoms with E-state index in [1.807, 2.05) is 60.7 Å². The zero-order valence-corrected chi connectivity index (χ0v) is 20.1. The molecule has 0 spiro atoms. The fourth-order valence-corrected chi connectivity index (χ4v) is 4.87. The third-order valence-electron chi connectivity index (χ3n) is 5.63. The normalized spacial score (nSPS) is 11.4. The van der Waals surface area contributed by atoms with E-state index in [0.717, 1.165) is 38.6 Å². The van der Waals surface area contributed by atoms with Crippen LogP contribution in [-0.2, 0) is 11.2 Å². The lowest BCUT2D eigenvalue weighted by Gasteiger charge is -2.20. The second kappa shape index (κ2) is 10.9. The Morgan fingerprint density at radius 1 is 0.944 bits per heavy atom. The van der Waals surface area contributed by atoms with E-state index >= 15 is 0 Å². The molecule has 1 aromatic heterocycles. The van der Waals surface area contributed by atoms with Crippen molar-refractivity contribution in [2.75, 3.05) is 7.05 Å². The second-order valence-electron chi connectivity index (χ2n) is 8.01. The third kappa shape index (κ3) is 5.32. The monoisotopic (exact) mass is 501 g/mol. The first kappa shape index (κ1) is 24.8. The van der Waals surface area contributed by atoms with Crippen LogP contribution in [0.1, 0.15) is 15.2 Å². The lowest BCUT2D eigenvalue weighted by molar-refractivity contribution is -0.129. The van der Waals surface area contributed by atoms with Gasteiger partial charge in [0, 0.05) is 29.5 Å². The van der Waals surface area contributed by atoms with E-state index in [4.69, 9.17) is 5.26 Å². The van der Waals surface area contributed by atoms with Crippen molar-refractivity contribution in [1.82, 2.24) is 10.2 Å². The highest BCUT2D eigenvalue weighted by Gasteiger charge is 2.28. The van der Waals surface area contributed by atoms with Crippen molar-refractivity contribution in [1.29, 1.82) is 5.26 Å². The van der Waals surface area contributed by atoms with Crippen molar-refractivity contribution >= 4 is 23.2 Å². The van der Waals surface area contributed by atoms with E-state index in [1.165, 1.54) is 24.5 Å². The van der Waals surface area contributed by atoms with Crippen molar-refractivity contribution in [3.63, 3.8) is 0 Å². The van der Waals surface area contributed by atoms with Gasteiger partial charge in [-0.05, 0) is 29.3 Å². The van der Waals surface area contributed by atoms with E-state index in [9.17, 15) is 18.4 Å². The van der Waals surface area contributed by atoms with Crippen LogP contribution in [0, 0.1) is 23.1 Å². The molecule has 0 saturated heterocycles. The summed E-state index contributed by atoms with van der Waals surface area (Å²) < 4.78 is 28.6. The van der Waals surface area contributed by atoms with Crippen LogP contribution >= 0.6 is 11.3 Å². The third-order valence-corrected chi connectivity index (χ3v) is 6.81. The van der Waals surface area contributed by atoms with Crippen molar-refractivity contribution in [2.45, 2.75) is 12.5 Å². The van der Waals surface area contributed by atoms with E-state index < -0.39 is 35.9 Å². The van der Waals surface area contributed by atoms with Gasteiger partial charge in [0.1, 0.15) is 17.7 Å². The minimum absolute atomic E-state index is 0.319. The molecule has 4 rings (SSSR count). The summed E-state index contributed by atoms with van der Waals surface area (Å²) in [7, 11) is 1.23. The summed E-state index contributed by atoms with van der Waals surface area (Å²) in [6.07, 6.45) is 1.23. The highest BCUT2D eigenvalue weighted by molar-refractivity contribution is 7.18. The van der Waals surface area contributed by atoms with Crippen LogP contribution in [0.4, 0.5) is 8.78 Å². The summed E-state index contributed by atoms with van der Waals surface area (Å²) in [4.78, 5) is 28.1. The fraction of sp³-hybridized carbons (Fsp3) is 0.107. The molecule has 1 atom stereocenters. The van der Waals surface area contributed by atoms with Gasteiger partial charge in [0.2, 0.25) is 0 Å². The SMILES string of the molecule is CN(C#N)C(=O)C(Cc1c(F)cccc1F)NC(=O)c1cc(-c2ccccc2)c(-c2ccccc2)s1. The van der Waals surface area contributed by atoms with Crippen LogP contribution in [0.5, 0.6) is 0 Å². The number of benzene rings is 3. The lowest BCUT2D eigenvalue weighted by atomic mass is 10.0. The Hall–Kier alpha value is -4.35. The molecule has 8 heteroatoms. The predicted octanol–water partition coefficient (Wildman–Crippen LogP) is 5.64. The van der Waals surface area contributed by atoms with E-state index in [0.29, 0.717) is 4.88 Å². The molecule has 0 aliphatic carbocycles. The van der Waals surface area contributed by atoms with Gasteiger partial charge in [0.05, 0.1) is 4.88 Å². The Balaban J connectivity index is 1.70. The predicted molar refractivity (Wildman–Crippen MR) is 135 cm³/mol. The van der Waals surface area contributed by atoms with E-state index in [-0.39, 0.29) is 5.56 Å². The summed E-state index contributed by atoms with van der Waals surface area (Å²) in [6, 6.07) is 22.9. The Bertz CT molecular complexity index is 1360. The van der Waals surface area contributed by atoms with Crippen LogP contribution in [0.3, 0.4) is 0 Å². The molecule has 5 nitrogen and oxygen atoms in total. The number of halogens is 2. The van der Waals surface area contributed by atoms with Crippen LogP contribution in [-0.4, -0.2) is 29.8 Å². The Kier molecular flexibility index (Phi) is 7.52. The molecule has 180 valence electrons. The first-order valence-electron chi connectivity index (χ1n) is 11.0. The van der Waals surface area contributed by atoms with E-state index in [2.05, 4.69) is 5.32 Å². The number of rotatable bonds is 7.